The van der Waals surface area contributed by atoms with E-state index in [-0.39, 0.29) is 0 Å². The molecule has 0 rings (SSSR count). The van der Waals surface area contributed by atoms with E-state index in [1.807, 2.05) is 0 Å². The Bertz CT molecular complexity index is 94.7. The van der Waals surface area contributed by atoms with Crippen LogP contribution in [0.4, 0.5) is 0 Å². The molecule has 0 atom stereocenters. The van der Waals surface area contributed by atoms with E-state index in [9.17, 15) is 0 Å². The van der Waals surface area contributed by atoms with Crippen LogP contribution in [0, 0.1) is 0 Å². The Morgan fingerprint density at radius 1 is 1.44 bits per heavy atom. The molecule has 0 saturated carbocycles. The fourth-order valence-corrected chi connectivity index (χ4v) is 0.598. The average molecular weight is 125 g/mol. The van der Waals surface area contributed by atoms with Gasteiger partial charge in [-0.2, -0.15) is 0 Å². The normalized spacial score (nSPS) is 9.00. The number of allylic oxidation sites excluding steroid dienone is 2. The molecule has 52 valence electrons. The van der Waals surface area contributed by atoms with E-state index in [2.05, 4.69) is 13.2 Å². The molecule has 2 N–H and O–H groups in total. The summed E-state index contributed by atoms with van der Waals surface area (Å²) < 4.78 is 0. The van der Waals surface area contributed by atoms with Crippen molar-refractivity contribution < 1.29 is 0 Å². The largest absolute Gasteiger partial charge is 0.330 e. The first-order valence-corrected chi connectivity index (χ1v) is 3.31. The minimum absolute atomic E-state index is 0.782. The van der Waals surface area contributed by atoms with Crippen LogP contribution in [0.15, 0.2) is 24.8 Å². The fourth-order valence-electron chi connectivity index (χ4n) is 0.598. The second-order valence-corrected chi connectivity index (χ2v) is 2.11. The Kier molecular flexibility index (Phi) is 5.23. The van der Waals surface area contributed by atoms with E-state index in [4.69, 9.17) is 5.73 Å². The van der Waals surface area contributed by atoms with Crippen LogP contribution in [0.25, 0.3) is 0 Å². The summed E-state index contributed by atoms with van der Waals surface area (Å²) in [6.07, 6.45) is 5.07. The topological polar surface area (TPSA) is 26.0 Å². The number of rotatable bonds is 5. The number of nitrogens with two attached hydrogens (primary N) is 1. The minimum atomic E-state index is 0.782. The molecule has 0 fully saturated rings. The third-order valence-electron chi connectivity index (χ3n) is 1.24. The molecule has 0 aliphatic rings. The van der Waals surface area contributed by atoms with Crippen LogP contribution in [-0.2, 0) is 0 Å². The van der Waals surface area contributed by atoms with Gasteiger partial charge in [0, 0.05) is 0 Å². The number of unbranched alkanes of at least 4 members (excludes halogenated alkanes) is 1. The van der Waals surface area contributed by atoms with Gasteiger partial charge in [-0.15, -0.1) is 0 Å². The predicted octanol–water partition coefficient (Wildman–Crippen LogP) is 1.86. The molecule has 0 aliphatic heterocycles. The zero-order valence-corrected chi connectivity index (χ0v) is 5.90. The molecule has 0 amide bonds. The smallest absolute Gasteiger partial charge is 0.00772 e. The van der Waals surface area contributed by atoms with Crippen LogP contribution in [-0.4, -0.2) is 6.54 Å². The zero-order chi connectivity index (χ0) is 7.11. The van der Waals surface area contributed by atoms with Crippen molar-refractivity contribution in [2.24, 2.45) is 5.73 Å². The van der Waals surface area contributed by atoms with E-state index in [1.54, 1.807) is 6.08 Å². The summed E-state index contributed by atoms with van der Waals surface area (Å²) in [6.45, 7) is 8.18. The third-order valence-corrected chi connectivity index (χ3v) is 1.24. The molecular formula is C8H15N. The summed E-state index contributed by atoms with van der Waals surface area (Å²) in [4.78, 5) is 0. The molecule has 0 bridgehead atoms. The van der Waals surface area contributed by atoms with E-state index in [0.717, 1.165) is 31.4 Å². The van der Waals surface area contributed by atoms with E-state index in [0.29, 0.717) is 0 Å². The number of hydrogen-bond donors (Lipinski definition) is 1. The zero-order valence-electron chi connectivity index (χ0n) is 5.90. The monoisotopic (exact) mass is 125 g/mol. The predicted molar refractivity (Wildman–Crippen MR) is 42.2 cm³/mol. The molecule has 0 aromatic heterocycles. The van der Waals surface area contributed by atoms with Gasteiger partial charge in [-0.3, -0.25) is 0 Å². The number of hydrogen-bond acceptors (Lipinski definition) is 1. The van der Waals surface area contributed by atoms with Gasteiger partial charge in [-0.1, -0.05) is 24.8 Å². The summed E-state index contributed by atoms with van der Waals surface area (Å²) in [6, 6.07) is 0. The molecule has 9 heavy (non-hydrogen) atoms. The Morgan fingerprint density at radius 3 is 2.56 bits per heavy atom. The lowest BCUT2D eigenvalue weighted by Gasteiger charge is -1.96. The maximum absolute atomic E-state index is 5.30. The van der Waals surface area contributed by atoms with Crippen LogP contribution < -0.4 is 5.73 Å². The highest BCUT2D eigenvalue weighted by molar-refractivity contribution is 5.10. The Labute approximate surface area is 57.3 Å². The highest BCUT2D eigenvalue weighted by atomic mass is 14.5. The third kappa shape index (κ3) is 5.31. The molecule has 0 aromatic carbocycles. The van der Waals surface area contributed by atoms with Gasteiger partial charge in [0.25, 0.3) is 0 Å². The lowest BCUT2D eigenvalue weighted by molar-refractivity contribution is 0.748. The molecule has 0 unspecified atom stereocenters. The first-order valence-electron chi connectivity index (χ1n) is 3.31. The second-order valence-electron chi connectivity index (χ2n) is 2.11. The van der Waals surface area contributed by atoms with Crippen molar-refractivity contribution in [3.8, 4) is 0 Å². The summed E-state index contributed by atoms with van der Waals surface area (Å²) in [5.74, 6) is 0. The molecule has 0 radical (unpaired) electrons. The first-order chi connectivity index (χ1) is 4.31. The molecular weight excluding hydrogens is 110 g/mol. The maximum Gasteiger partial charge on any atom is -0.00772 e. The molecule has 0 spiro atoms. The van der Waals surface area contributed by atoms with Crippen molar-refractivity contribution in [2.75, 3.05) is 6.54 Å². The first kappa shape index (κ1) is 8.44. The van der Waals surface area contributed by atoms with Crippen molar-refractivity contribution in [1.29, 1.82) is 0 Å². The second kappa shape index (κ2) is 5.57. The van der Waals surface area contributed by atoms with Gasteiger partial charge in [0.1, 0.15) is 0 Å². The van der Waals surface area contributed by atoms with Crippen LogP contribution >= 0.6 is 0 Å². The summed E-state index contributed by atoms with van der Waals surface area (Å²) >= 11 is 0. The molecule has 1 heteroatoms. The van der Waals surface area contributed by atoms with Crippen molar-refractivity contribution in [1.82, 2.24) is 0 Å². The minimum Gasteiger partial charge on any atom is -0.330 e. The molecule has 1 nitrogen and oxygen atoms in total. The van der Waals surface area contributed by atoms with Gasteiger partial charge in [0.2, 0.25) is 0 Å². The van der Waals surface area contributed by atoms with Crippen molar-refractivity contribution >= 4 is 0 Å². The SMILES string of the molecule is C=CC(=C)CCCCN. The highest BCUT2D eigenvalue weighted by Crippen LogP contribution is 2.03. The molecule has 0 aromatic rings. The van der Waals surface area contributed by atoms with Crippen LogP contribution in [0.5, 0.6) is 0 Å². The van der Waals surface area contributed by atoms with Crippen LogP contribution in [0.3, 0.4) is 0 Å². The van der Waals surface area contributed by atoms with E-state index in [1.165, 1.54) is 0 Å². The summed E-state index contributed by atoms with van der Waals surface area (Å²) in [5, 5.41) is 0. The Morgan fingerprint density at radius 2 is 2.11 bits per heavy atom. The summed E-state index contributed by atoms with van der Waals surface area (Å²) in [7, 11) is 0. The van der Waals surface area contributed by atoms with Gasteiger partial charge in [0.15, 0.2) is 0 Å². The van der Waals surface area contributed by atoms with Crippen molar-refractivity contribution in [2.45, 2.75) is 19.3 Å². The van der Waals surface area contributed by atoms with Gasteiger partial charge < -0.3 is 5.73 Å². The summed E-state index contributed by atoms with van der Waals surface area (Å²) in [5.41, 5.74) is 6.41. The molecule has 0 aliphatic carbocycles. The van der Waals surface area contributed by atoms with E-state index >= 15 is 0 Å². The molecule has 0 heterocycles. The Hall–Kier alpha value is -0.560. The fraction of sp³-hybridized carbons (Fsp3) is 0.500. The van der Waals surface area contributed by atoms with Crippen molar-refractivity contribution in [3.63, 3.8) is 0 Å². The van der Waals surface area contributed by atoms with Gasteiger partial charge in [0.05, 0.1) is 0 Å². The average Bonchev–Trinajstić information content (AvgIpc) is 1.89. The van der Waals surface area contributed by atoms with Gasteiger partial charge in [-0.25, -0.2) is 0 Å². The van der Waals surface area contributed by atoms with E-state index < -0.39 is 0 Å². The van der Waals surface area contributed by atoms with Crippen molar-refractivity contribution in [3.05, 3.63) is 24.8 Å². The van der Waals surface area contributed by atoms with Gasteiger partial charge in [-0.05, 0) is 25.8 Å². The molecule has 0 saturated heterocycles. The quantitative estimate of drug-likeness (QED) is 0.440. The van der Waals surface area contributed by atoms with Crippen LogP contribution in [0.1, 0.15) is 19.3 Å². The van der Waals surface area contributed by atoms with Gasteiger partial charge >= 0.3 is 0 Å². The highest BCUT2D eigenvalue weighted by Gasteiger charge is 1.86. The maximum atomic E-state index is 5.30. The lowest BCUT2D eigenvalue weighted by atomic mass is 10.1. The Balaban J connectivity index is 3.07. The van der Waals surface area contributed by atoms with Crippen LogP contribution in [0.2, 0.25) is 0 Å². The lowest BCUT2D eigenvalue weighted by Crippen LogP contribution is -1.97. The standard InChI is InChI=1S/C8H15N/c1-3-8(2)6-4-5-7-9/h3H,1-2,4-7,9H2.